The number of halogens is 1. The van der Waals surface area contributed by atoms with Crippen LogP contribution >= 0.6 is 11.6 Å². The third-order valence-electron chi connectivity index (χ3n) is 1.21. The number of aliphatic hydroxyl groups is 1. The molecular weight excluding hydrogens is 144 g/mol. The maximum absolute atomic E-state index is 10.4. The van der Waals surface area contributed by atoms with Gasteiger partial charge in [-0.25, -0.2) is 4.79 Å². The molecule has 0 aliphatic carbocycles. The van der Waals surface area contributed by atoms with Crippen LogP contribution in [0.2, 0.25) is 0 Å². The van der Waals surface area contributed by atoms with Gasteiger partial charge in [-0.15, -0.1) is 11.6 Å². The summed E-state index contributed by atoms with van der Waals surface area (Å²) in [6, 6.07) is 0. The number of carbonyl (C=O) groups is 1. The summed E-state index contributed by atoms with van der Waals surface area (Å²) in [5.41, 5.74) is 0. The van der Waals surface area contributed by atoms with Crippen molar-refractivity contribution in [3.63, 3.8) is 0 Å². The van der Waals surface area contributed by atoms with Gasteiger partial charge in [-0.1, -0.05) is 0 Å². The van der Waals surface area contributed by atoms with Gasteiger partial charge in [-0.05, 0) is 0 Å². The molecule has 4 heteroatoms. The van der Waals surface area contributed by atoms with Gasteiger partial charge in [-0.2, -0.15) is 0 Å². The van der Waals surface area contributed by atoms with Crippen molar-refractivity contribution in [1.29, 1.82) is 0 Å². The van der Waals surface area contributed by atoms with Gasteiger partial charge in [0.05, 0.1) is 5.88 Å². The second kappa shape index (κ2) is 2.54. The molecule has 0 bridgehead atoms. The lowest BCUT2D eigenvalue weighted by Crippen LogP contribution is -2.11. The van der Waals surface area contributed by atoms with E-state index in [2.05, 4.69) is 4.74 Å². The lowest BCUT2D eigenvalue weighted by atomic mass is 10.2. The Bertz CT molecular complexity index is 125. The van der Waals surface area contributed by atoms with Crippen molar-refractivity contribution in [2.24, 2.45) is 0 Å². The fourth-order valence-electron chi connectivity index (χ4n) is 0.731. The number of alkyl halides is 1. The molecule has 1 heterocycles. The van der Waals surface area contributed by atoms with E-state index in [-0.39, 0.29) is 12.0 Å². The maximum Gasteiger partial charge on any atom is 0.335 e. The fourth-order valence-corrected chi connectivity index (χ4v) is 0.920. The SMILES string of the molecule is O=C1O[C@H](CCl)C[C@H]1O. The standard InChI is InChI=1S/C5H7ClO3/c6-2-3-1-4(7)5(8)9-3/h3-4,7H,1-2H2/t3-,4+/m0/s1. The quantitative estimate of drug-likeness (QED) is 0.420. The van der Waals surface area contributed by atoms with Gasteiger partial charge < -0.3 is 9.84 Å². The molecule has 1 N–H and O–H groups in total. The van der Waals surface area contributed by atoms with Gasteiger partial charge in [0, 0.05) is 6.42 Å². The van der Waals surface area contributed by atoms with E-state index in [9.17, 15) is 4.79 Å². The fraction of sp³-hybridized carbons (Fsp3) is 0.800. The molecule has 3 nitrogen and oxygen atoms in total. The van der Waals surface area contributed by atoms with Crippen LogP contribution in [0.4, 0.5) is 0 Å². The Balaban J connectivity index is 2.44. The van der Waals surface area contributed by atoms with E-state index < -0.39 is 12.1 Å². The number of carbonyl (C=O) groups excluding carboxylic acids is 1. The zero-order valence-electron chi connectivity index (χ0n) is 4.71. The molecule has 0 aromatic carbocycles. The summed E-state index contributed by atoms with van der Waals surface area (Å²) >= 11 is 5.35. The Morgan fingerprint density at radius 2 is 2.56 bits per heavy atom. The minimum absolute atomic E-state index is 0.267. The van der Waals surface area contributed by atoms with E-state index in [1.807, 2.05) is 0 Å². The van der Waals surface area contributed by atoms with Crippen LogP contribution in [0, 0.1) is 0 Å². The molecule has 0 saturated carbocycles. The molecule has 0 amide bonds. The molecule has 1 aliphatic heterocycles. The summed E-state index contributed by atoms with van der Waals surface area (Å²) in [6.07, 6.45) is -0.898. The first-order valence-corrected chi connectivity index (χ1v) is 3.22. The van der Waals surface area contributed by atoms with Crippen molar-refractivity contribution in [3.8, 4) is 0 Å². The number of hydrogen-bond donors (Lipinski definition) is 1. The highest BCUT2D eigenvalue weighted by atomic mass is 35.5. The molecule has 1 rings (SSSR count). The predicted octanol–water partition coefficient (Wildman–Crippen LogP) is -0.0984. The second-order valence-corrected chi connectivity index (χ2v) is 2.27. The van der Waals surface area contributed by atoms with E-state index in [1.54, 1.807) is 0 Å². The summed E-state index contributed by atoms with van der Waals surface area (Å²) < 4.78 is 4.60. The Kier molecular flexibility index (Phi) is 1.93. The van der Waals surface area contributed by atoms with E-state index in [1.165, 1.54) is 0 Å². The minimum atomic E-state index is -0.950. The summed E-state index contributed by atoms with van der Waals surface area (Å²) in [6.45, 7) is 0. The van der Waals surface area contributed by atoms with E-state index >= 15 is 0 Å². The molecular formula is C5H7ClO3. The molecule has 0 radical (unpaired) electrons. The second-order valence-electron chi connectivity index (χ2n) is 1.96. The van der Waals surface area contributed by atoms with Gasteiger partial charge in [0.25, 0.3) is 0 Å². The number of cyclic esters (lactones) is 1. The molecule has 2 atom stereocenters. The third-order valence-corrected chi connectivity index (χ3v) is 1.56. The van der Waals surface area contributed by atoms with Gasteiger partial charge >= 0.3 is 5.97 Å². The summed E-state index contributed by atoms with van der Waals surface area (Å²) in [7, 11) is 0. The average Bonchev–Trinajstić information content (AvgIpc) is 2.13. The van der Waals surface area contributed by atoms with Crippen LogP contribution in [0.25, 0.3) is 0 Å². The van der Waals surface area contributed by atoms with Crippen LogP contribution < -0.4 is 0 Å². The lowest BCUT2D eigenvalue weighted by Gasteiger charge is -1.99. The minimum Gasteiger partial charge on any atom is -0.459 e. The topological polar surface area (TPSA) is 46.5 Å². The van der Waals surface area contributed by atoms with Crippen molar-refractivity contribution in [2.45, 2.75) is 18.6 Å². The van der Waals surface area contributed by atoms with Gasteiger partial charge in [0.15, 0.2) is 6.10 Å². The highest BCUT2D eigenvalue weighted by molar-refractivity contribution is 6.18. The Hall–Kier alpha value is -0.280. The summed E-state index contributed by atoms with van der Waals surface area (Å²) in [5, 5.41) is 8.77. The van der Waals surface area contributed by atoms with Crippen LogP contribution in [0.3, 0.4) is 0 Å². The highest BCUT2D eigenvalue weighted by Gasteiger charge is 2.31. The highest BCUT2D eigenvalue weighted by Crippen LogP contribution is 2.15. The Morgan fingerprint density at radius 3 is 2.78 bits per heavy atom. The number of rotatable bonds is 1. The van der Waals surface area contributed by atoms with Crippen molar-refractivity contribution in [1.82, 2.24) is 0 Å². The average molecular weight is 151 g/mol. The number of esters is 1. The molecule has 0 spiro atoms. The first kappa shape index (κ1) is 6.83. The van der Waals surface area contributed by atoms with Crippen LogP contribution in [0.5, 0.6) is 0 Å². The molecule has 0 unspecified atom stereocenters. The molecule has 1 aliphatic rings. The zero-order chi connectivity index (χ0) is 6.85. The number of aliphatic hydroxyl groups excluding tert-OH is 1. The van der Waals surface area contributed by atoms with Crippen LogP contribution in [-0.2, 0) is 9.53 Å². The number of hydrogen-bond acceptors (Lipinski definition) is 3. The third kappa shape index (κ3) is 1.34. The van der Waals surface area contributed by atoms with Crippen molar-refractivity contribution in [2.75, 3.05) is 5.88 Å². The zero-order valence-corrected chi connectivity index (χ0v) is 5.47. The first-order chi connectivity index (χ1) is 4.24. The van der Waals surface area contributed by atoms with E-state index in [4.69, 9.17) is 16.7 Å². The van der Waals surface area contributed by atoms with E-state index in [0.717, 1.165) is 0 Å². The van der Waals surface area contributed by atoms with Crippen LogP contribution in [0.1, 0.15) is 6.42 Å². The molecule has 0 aromatic heterocycles. The first-order valence-electron chi connectivity index (χ1n) is 2.68. The van der Waals surface area contributed by atoms with Crippen LogP contribution in [-0.4, -0.2) is 29.2 Å². The normalized spacial score (nSPS) is 34.7. The predicted molar refractivity (Wildman–Crippen MR) is 31.2 cm³/mol. The smallest absolute Gasteiger partial charge is 0.335 e. The monoisotopic (exact) mass is 150 g/mol. The Morgan fingerprint density at radius 1 is 1.89 bits per heavy atom. The van der Waals surface area contributed by atoms with Crippen molar-refractivity contribution >= 4 is 17.6 Å². The molecule has 0 aromatic rings. The Labute approximate surface area is 57.6 Å². The van der Waals surface area contributed by atoms with Gasteiger partial charge in [0.1, 0.15) is 6.10 Å². The largest absolute Gasteiger partial charge is 0.459 e. The summed E-state index contributed by atoms with van der Waals surface area (Å²) in [5.74, 6) is -0.288. The molecule has 52 valence electrons. The molecule has 1 fully saturated rings. The molecule has 9 heavy (non-hydrogen) atoms. The van der Waals surface area contributed by atoms with Crippen LogP contribution in [0.15, 0.2) is 0 Å². The van der Waals surface area contributed by atoms with Gasteiger partial charge in [0.2, 0.25) is 0 Å². The van der Waals surface area contributed by atoms with Crippen molar-refractivity contribution in [3.05, 3.63) is 0 Å². The van der Waals surface area contributed by atoms with Crippen molar-refractivity contribution < 1.29 is 14.6 Å². The summed E-state index contributed by atoms with van der Waals surface area (Å²) in [4.78, 5) is 10.4. The van der Waals surface area contributed by atoms with Gasteiger partial charge in [-0.3, -0.25) is 0 Å². The maximum atomic E-state index is 10.4. The lowest BCUT2D eigenvalue weighted by molar-refractivity contribution is -0.146. The molecule has 1 saturated heterocycles. The number of ether oxygens (including phenoxy) is 1. The van der Waals surface area contributed by atoms with E-state index in [0.29, 0.717) is 6.42 Å².